The van der Waals surface area contributed by atoms with Crippen LogP contribution < -0.4 is 15.8 Å². The van der Waals surface area contributed by atoms with Crippen LogP contribution in [0, 0.1) is 0 Å². The highest BCUT2D eigenvalue weighted by Gasteiger charge is 2.19. The van der Waals surface area contributed by atoms with Gasteiger partial charge in [0.05, 0.1) is 5.56 Å². The van der Waals surface area contributed by atoms with Crippen LogP contribution in [0.1, 0.15) is 16.8 Å². The van der Waals surface area contributed by atoms with Gasteiger partial charge in [-0.2, -0.15) is 0 Å². The molecule has 7 heteroatoms. The fraction of sp³-hybridized carbons (Fsp3) is 0.136. The van der Waals surface area contributed by atoms with Crippen molar-refractivity contribution in [3.8, 4) is 5.75 Å². The van der Waals surface area contributed by atoms with E-state index < -0.39 is 17.8 Å². The van der Waals surface area contributed by atoms with Gasteiger partial charge in [-0.1, -0.05) is 42.5 Å². The maximum Gasteiger partial charge on any atom is 0.320 e. The van der Waals surface area contributed by atoms with Crippen LogP contribution in [-0.4, -0.2) is 35.4 Å². The summed E-state index contributed by atoms with van der Waals surface area (Å²) in [6.45, 7) is -0.384. The number of rotatable bonds is 8. The van der Waals surface area contributed by atoms with Crippen LogP contribution in [-0.2, 0) is 9.59 Å². The van der Waals surface area contributed by atoms with Gasteiger partial charge in [0.15, 0.2) is 5.78 Å². The lowest BCUT2D eigenvalue weighted by Gasteiger charge is -2.14. The summed E-state index contributed by atoms with van der Waals surface area (Å²) in [7, 11) is 0. The Morgan fingerprint density at radius 1 is 0.966 bits per heavy atom. The zero-order valence-electron chi connectivity index (χ0n) is 15.5. The van der Waals surface area contributed by atoms with E-state index in [1.54, 1.807) is 36.4 Å². The molecule has 0 radical (unpaired) electrons. The van der Waals surface area contributed by atoms with Crippen LogP contribution in [0.4, 0.5) is 5.69 Å². The number of Topliss-reactive ketones (excluding diaryl/α,β-unsaturated/α-hetero) is 1. The van der Waals surface area contributed by atoms with Crippen LogP contribution in [0.2, 0.25) is 0 Å². The number of ether oxygens (including phenoxy) is 1. The highest BCUT2D eigenvalue weighted by molar-refractivity contribution is 6.08. The van der Waals surface area contributed by atoms with E-state index in [-0.39, 0.29) is 30.2 Å². The van der Waals surface area contributed by atoms with Crippen molar-refractivity contribution in [3.63, 3.8) is 0 Å². The van der Waals surface area contributed by atoms with Crippen LogP contribution in [0.15, 0.2) is 66.7 Å². The van der Waals surface area contributed by atoms with Gasteiger partial charge < -0.3 is 20.9 Å². The molecule has 0 spiro atoms. The van der Waals surface area contributed by atoms with E-state index in [0.29, 0.717) is 5.69 Å². The third kappa shape index (κ3) is 5.18. The number of carbonyl (C=O) groups is 3. The zero-order valence-corrected chi connectivity index (χ0v) is 15.5. The lowest BCUT2D eigenvalue weighted by Crippen LogP contribution is -2.34. The molecule has 1 atom stereocenters. The lowest BCUT2D eigenvalue weighted by atomic mass is 10.0. The number of hydrogen-bond acceptors (Lipinski definition) is 5. The SMILES string of the molecule is NC(CC(=O)COc1cc2ccccc2cc1C(=O)Nc1ccccc1)C(=O)O. The number of nitrogens with two attached hydrogens (primary N) is 1. The van der Waals surface area contributed by atoms with E-state index in [4.69, 9.17) is 15.6 Å². The van der Waals surface area contributed by atoms with E-state index in [9.17, 15) is 14.4 Å². The van der Waals surface area contributed by atoms with E-state index in [1.807, 2.05) is 30.3 Å². The number of carboxylic acid groups (broad SMARTS) is 1. The molecule has 0 aliphatic carbocycles. The number of nitrogens with one attached hydrogen (secondary N) is 1. The smallest absolute Gasteiger partial charge is 0.320 e. The molecule has 3 aromatic rings. The summed E-state index contributed by atoms with van der Waals surface area (Å²) >= 11 is 0. The average molecular weight is 392 g/mol. The third-order valence-corrected chi connectivity index (χ3v) is 4.28. The Kier molecular flexibility index (Phi) is 6.21. The Balaban J connectivity index is 1.84. The highest BCUT2D eigenvalue weighted by Crippen LogP contribution is 2.27. The number of para-hydroxylation sites is 1. The van der Waals surface area contributed by atoms with Crippen molar-refractivity contribution in [1.82, 2.24) is 0 Å². The number of amides is 1. The van der Waals surface area contributed by atoms with Crippen molar-refractivity contribution in [1.29, 1.82) is 0 Å². The fourth-order valence-corrected chi connectivity index (χ4v) is 2.79. The van der Waals surface area contributed by atoms with Crippen LogP contribution in [0.5, 0.6) is 5.75 Å². The second-order valence-corrected chi connectivity index (χ2v) is 6.49. The Labute approximate surface area is 167 Å². The standard InChI is InChI=1S/C22H20N2O5/c23-19(22(27)28)12-17(25)13-29-20-11-15-7-5-4-6-14(15)10-18(20)21(26)24-16-8-2-1-3-9-16/h1-11,19H,12-13,23H2,(H,24,26)(H,27,28). The molecule has 7 nitrogen and oxygen atoms in total. The summed E-state index contributed by atoms with van der Waals surface area (Å²) in [5.74, 6) is -1.88. The van der Waals surface area contributed by atoms with Gasteiger partial charge in [0.2, 0.25) is 0 Å². The van der Waals surface area contributed by atoms with Gasteiger partial charge in [-0.15, -0.1) is 0 Å². The minimum Gasteiger partial charge on any atom is -0.485 e. The predicted molar refractivity (Wildman–Crippen MR) is 109 cm³/mol. The number of carboxylic acids is 1. The molecule has 1 unspecified atom stereocenters. The van der Waals surface area contributed by atoms with Gasteiger partial charge in [0.25, 0.3) is 5.91 Å². The first-order valence-electron chi connectivity index (χ1n) is 8.96. The monoisotopic (exact) mass is 392 g/mol. The van der Waals surface area contributed by atoms with Gasteiger partial charge in [-0.25, -0.2) is 0 Å². The van der Waals surface area contributed by atoms with Crippen molar-refractivity contribution in [3.05, 3.63) is 72.3 Å². The second kappa shape index (κ2) is 8.99. The molecule has 0 saturated carbocycles. The second-order valence-electron chi connectivity index (χ2n) is 6.49. The fourth-order valence-electron chi connectivity index (χ4n) is 2.79. The molecular formula is C22H20N2O5. The molecule has 3 rings (SSSR count). The van der Waals surface area contributed by atoms with Crippen LogP contribution >= 0.6 is 0 Å². The largest absolute Gasteiger partial charge is 0.485 e. The number of hydrogen-bond donors (Lipinski definition) is 3. The first-order valence-corrected chi connectivity index (χ1v) is 8.96. The van der Waals surface area contributed by atoms with Gasteiger partial charge in [-0.05, 0) is 35.0 Å². The van der Waals surface area contributed by atoms with Gasteiger partial charge >= 0.3 is 5.97 Å². The van der Waals surface area contributed by atoms with Crippen LogP contribution in [0.25, 0.3) is 10.8 Å². The van der Waals surface area contributed by atoms with Gasteiger partial charge in [-0.3, -0.25) is 14.4 Å². The molecule has 1 amide bonds. The van der Waals surface area contributed by atoms with Crippen LogP contribution in [0.3, 0.4) is 0 Å². The quantitative estimate of drug-likeness (QED) is 0.542. The Bertz CT molecular complexity index is 1050. The lowest BCUT2D eigenvalue weighted by molar-refractivity contribution is -0.140. The van der Waals surface area contributed by atoms with Crippen molar-refractivity contribution in [2.24, 2.45) is 5.73 Å². The van der Waals surface area contributed by atoms with Gasteiger partial charge in [0, 0.05) is 12.1 Å². The van der Waals surface area contributed by atoms with E-state index in [2.05, 4.69) is 5.32 Å². The first-order chi connectivity index (χ1) is 13.9. The summed E-state index contributed by atoms with van der Waals surface area (Å²) < 4.78 is 5.59. The first kappa shape index (κ1) is 20.0. The summed E-state index contributed by atoms with van der Waals surface area (Å²) in [4.78, 5) is 35.6. The molecule has 0 bridgehead atoms. The Morgan fingerprint density at radius 3 is 2.24 bits per heavy atom. The molecule has 0 aromatic heterocycles. The predicted octanol–water partition coefficient (Wildman–Crippen LogP) is 2.84. The average Bonchev–Trinajstić information content (AvgIpc) is 2.72. The van der Waals surface area contributed by atoms with Crippen molar-refractivity contribution < 1.29 is 24.2 Å². The van der Waals surface area contributed by atoms with E-state index in [1.165, 1.54) is 0 Å². The van der Waals surface area contributed by atoms with Crippen molar-refractivity contribution in [2.75, 3.05) is 11.9 Å². The molecule has 148 valence electrons. The number of aliphatic carboxylic acids is 1. The molecule has 0 heterocycles. The van der Waals surface area contributed by atoms with E-state index >= 15 is 0 Å². The number of ketones is 1. The normalized spacial score (nSPS) is 11.6. The van der Waals surface area contributed by atoms with Gasteiger partial charge in [0.1, 0.15) is 18.4 Å². The molecule has 0 aliphatic rings. The molecule has 3 aromatic carbocycles. The molecule has 0 aliphatic heterocycles. The summed E-state index contributed by atoms with van der Waals surface area (Å²) in [5.41, 5.74) is 6.28. The maximum absolute atomic E-state index is 12.8. The van der Waals surface area contributed by atoms with Crippen molar-refractivity contribution in [2.45, 2.75) is 12.5 Å². The van der Waals surface area contributed by atoms with Crippen molar-refractivity contribution >= 4 is 34.1 Å². The molecule has 29 heavy (non-hydrogen) atoms. The molecule has 0 fully saturated rings. The minimum absolute atomic E-state index is 0.231. The number of benzene rings is 3. The minimum atomic E-state index is -1.29. The Hall–Kier alpha value is -3.71. The zero-order chi connectivity index (χ0) is 20.8. The summed E-state index contributed by atoms with van der Waals surface area (Å²) in [6, 6.07) is 18.5. The topological polar surface area (TPSA) is 119 Å². The number of carbonyl (C=O) groups excluding carboxylic acids is 2. The molecule has 0 saturated heterocycles. The molecule has 4 N–H and O–H groups in total. The summed E-state index contributed by atoms with van der Waals surface area (Å²) in [5, 5.41) is 13.3. The highest BCUT2D eigenvalue weighted by atomic mass is 16.5. The van der Waals surface area contributed by atoms with E-state index in [0.717, 1.165) is 10.8 Å². The summed E-state index contributed by atoms with van der Waals surface area (Å²) in [6.07, 6.45) is -0.353. The molecular weight excluding hydrogens is 372 g/mol. The Morgan fingerprint density at radius 2 is 1.59 bits per heavy atom. The number of fused-ring (bicyclic) bond motifs is 1. The number of anilines is 1. The third-order valence-electron chi connectivity index (χ3n) is 4.28. The maximum atomic E-state index is 12.8.